The molecule has 1 saturated heterocycles. The lowest BCUT2D eigenvalue weighted by molar-refractivity contribution is -0.132. The Hall–Kier alpha value is -0.610. The second kappa shape index (κ2) is 7.67. The normalized spacial score (nSPS) is 19.2. The van der Waals surface area contributed by atoms with Gasteiger partial charge >= 0.3 is 0 Å². The van der Waals surface area contributed by atoms with Gasteiger partial charge in [0.25, 0.3) is 0 Å². The Kier molecular flexibility index (Phi) is 6.52. The van der Waals surface area contributed by atoms with E-state index in [4.69, 9.17) is 5.73 Å². The van der Waals surface area contributed by atoms with E-state index in [9.17, 15) is 4.79 Å². The van der Waals surface area contributed by atoms with Crippen LogP contribution in [0.4, 0.5) is 0 Å². The molecule has 0 aliphatic carbocycles. The van der Waals surface area contributed by atoms with Crippen LogP contribution in [-0.4, -0.2) is 43.5 Å². The molecule has 0 aromatic heterocycles. The highest BCUT2D eigenvalue weighted by Gasteiger charge is 2.19. The van der Waals surface area contributed by atoms with E-state index in [1.54, 1.807) is 0 Å². The number of carbonyl (C=O) groups excluding carboxylic acids is 1. The van der Waals surface area contributed by atoms with Gasteiger partial charge in [-0.25, -0.2) is 0 Å². The molecule has 0 aromatic rings. The molecule has 1 rings (SSSR count). The lowest BCUT2D eigenvalue weighted by Crippen LogP contribution is -2.36. The van der Waals surface area contributed by atoms with Gasteiger partial charge in [0.05, 0.1) is 0 Å². The van der Waals surface area contributed by atoms with Crippen molar-refractivity contribution in [2.24, 2.45) is 17.6 Å². The molecule has 4 nitrogen and oxygen atoms in total. The Morgan fingerprint density at radius 3 is 2.76 bits per heavy atom. The van der Waals surface area contributed by atoms with Crippen molar-refractivity contribution in [3.63, 3.8) is 0 Å². The van der Waals surface area contributed by atoms with Crippen molar-refractivity contribution >= 4 is 5.91 Å². The van der Waals surface area contributed by atoms with Gasteiger partial charge in [0, 0.05) is 26.1 Å². The average molecular weight is 241 g/mol. The molecule has 1 aliphatic rings. The Bertz CT molecular complexity index is 223. The van der Waals surface area contributed by atoms with Gasteiger partial charge in [0.1, 0.15) is 0 Å². The highest BCUT2D eigenvalue weighted by Crippen LogP contribution is 2.15. The zero-order chi connectivity index (χ0) is 12.7. The molecule has 4 heteroatoms. The second-order valence-corrected chi connectivity index (χ2v) is 5.42. The molecule has 0 aromatic carbocycles. The summed E-state index contributed by atoms with van der Waals surface area (Å²) in [4.78, 5) is 14.1. The van der Waals surface area contributed by atoms with E-state index in [-0.39, 0.29) is 5.91 Å². The standard InChI is InChI=1S/C13H27N3O/c1-11(2)8-12(10-14)9-13(17)16-6-3-4-15-5-7-16/h11-12,15H,3-10,14H2,1-2H3. The Labute approximate surface area is 105 Å². The zero-order valence-corrected chi connectivity index (χ0v) is 11.2. The van der Waals surface area contributed by atoms with Gasteiger partial charge in [-0.1, -0.05) is 13.8 Å². The van der Waals surface area contributed by atoms with E-state index in [1.807, 2.05) is 4.90 Å². The summed E-state index contributed by atoms with van der Waals surface area (Å²) in [6, 6.07) is 0. The molecule has 1 amide bonds. The molecule has 1 unspecified atom stereocenters. The zero-order valence-electron chi connectivity index (χ0n) is 11.2. The second-order valence-electron chi connectivity index (χ2n) is 5.42. The number of nitrogens with zero attached hydrogens (tertiary/aromatic N) is 1. The first-order chi connectivity index (χ1) is 8.13. The Morgan fingerprint density at radius 1 is 1.35 bits per heavy atom. The first-order valence-corrected chi connectivity index (χ1v) is 6.82. The fourth-order valence-electron chi connectivity index (χ4n) is 2.40. The van der Waals surface area contributed by atoms with Crippen molar-refractivity contribution in [3.8, 4) is 0 Å². The molecule has 0 spiro atoms. The SMILES string of the molecule is CC(C)CC(CN)CC(=O)N1CCCNCC1. The molecule has 1 aliphatic heterocycles. The van der Waals surface area contributed by atoms with Crippen LogP contribution in [0.3, 0.4) is 0 Å². The van der Waals surface area contributed by atoms with Gasteiger partial charge < -0.3 is 16.0 Å². The van der Waals surface area contributed by atoms with Crippen LogP contribution in [0.25, 0.3) is 0 Å². The molecule has 100 valence electrons. The summed E-state index contributed by atoms with van der Waals surface area (Å²) in [7, 11) is 0. The molecule has 1 atom stereocenters. The maximum Gasteiger partial charge on any atom is 0.222 e. The first-order valence-electron chi connectivity index (χ1n) is 6.82. The largest absolute Gasteiger partial charge is 0.341 e. The predicted octanol–water partition coefficient (Wildman–Crippen LogP) is 0.819. The minimum Gasteiger partial charge on any atom is -0.341 e. The fourth-order valence-corrected chi connectivity index (χ4v) is 2.40. The van der Waals surface area contributed by atoms with Crippen LogP contribution in [0.2, 0.25) is 0 Å². The van der Waals surface area contributed by atoms with Gasteiger partial charge in [-0.3, -0.25) is 4.79 Å². The van der Waals surface area contributed by atoms with Gasteiger partial charge in [0.15, 0.2) is 0 Å². The van der Waals surface area contributed by atoms with Crippen LogP contribution in [0.15, 0.2) is 0 Å². The monoisotopic (exact) mass is 241 g/mol. The van der Waals surface area contributed by atoms with Crippen molar-refractivity contribution < 1.29 is 4.79 Å². The summed E-state index contributed by atoms with van der Waals surface area (Å²) < 4.78 is 0. The maximum atomic E-state index is 12.1. The molecule has 17 heavy (non-hydrogen) atoms. The molecule has 3 N–H and O–H groups in total. The summed E-state index contributed by atoms with van der Waals surface area (Å²) in [6.45, 7) is 8.67. The lowest BCUT2D eigenvalue weighted by atomic mass is 9.94. The van der Waals surface area contributed by atoms with Gasteiger partial charge in [0.2, 0.25) is 5.91 Å². The van der Waals surface area contributed by atoms with E-state index in [0.717, 1.165) is 39.0 Å². The third-order valence-corrected chi connectivity index (χ3v) is 3.29. The minimum absolute atomic E-state index is 0.282. The number of carbonyl (C=O) groups is 1. The smallest absolute Gasteiger partial charge is 0.222 e. The van der Waals surface area contributed by atoms with Gasteiger partial charge in [-0.15, -0.1) is 0 Å². The number of rotatable bonds is 5. The first kappa shape index (κ1) is 14.5. The number of amides is 1. The molecular weight excluding hydrogens is 214 g/mol. The number of hydrogen-bond donors (Lipinski definition) is 2. The van der Waals surface area contributed by atoms with Crippen molar-refractivity contribution in [2.75, 3.05) is 32.7 Å². The Balaban J connectivity index is 2.39. The molecule has 1 fully saturated rings. The van der Waals surface area contributed by atoms with Crippen LogP contribution in [0.5, 0.6) is 0 Å². The van der Waals surface area contributed by atoms with Crippen molar-refractivity contribution in [1.29, 1.82) is 0 Å². The number of nitrogens with two attached hydrogens (primary N) is 1. The topological polar surface area (TPSA) is 58.4 Å². The van der Waals surface area contributed by atoms with Crippen LogP contribution >= 0.6 is 0 Å². The summed E-state index contributed by atoms with van der Waals surface area (Å²) >= 11 is 0. The molecule has 0 saturated carbocycles. The highest BCUT2D eigenvalue weighted by molar-refractivity contribution is 5.76. The number of hydrogen-bond acceptors (Lipinski definition) is 3. The highest BCUT2D eigenvalue weighted by atomic mass is 16.2. The van der Waals surface area contributed by atoms with E-state index in [2.05, 4.69) is 19.2 Å². The quantitative estimate of drug-likeness (QED) is 0.749. The van der Waals surface area contributed by atoms with Crippen LogP contribution < -0.4 is 11.1 Å². The minimum atomic E-state index is 0.282. The van der Waals surface area contributed by atoms with Crippen LogP contribution in [-0.2, 0) is 4.79 Å². The summed E-state index contributed by atoms with van der Waals surface area (Å²) in [5.74, 6) is 1.24. The Morgan fingerprint density at radius 2 is 2.12 bits per heavy atom. The number of nitrogens with one attached hydrogen (secondary N) is 1. The third-order valence-electron chi connectivity index (χ3n) is 3.29. The van der Waals surface area contributed by atoms with E-state index in [1.165, 1.54) is 0 Å². The maximum absolute atomic E-state index is 12.1. The molecule has 0 radical (unpaired) electrons. The van der Waals surface area contributed by atoms with Crippen LogP contribution in [0, 0.1) is 11.8 Å². The fraction of sp³-hybridized carbons (Fsp3) is 0.923. The van der Waals surface area contributed by atoms with Gasteiger partial charge in [-0.2, -0.15) is 0 Å². The lowest BCUT2D eigenvalue weighted by Gasteiger charge is -2.23. The van der Waals surface area contributed by atoms with E-state index < -0.39 is 0 Å². The van der Waals surface area contributed by atoms with E-state index in [0.29, 0.717) is 24.8 Å². The predicted molar refractivity (Wildman–Crippen MR) is 70.7 cm³/mol. The van der Waals surface area contributed by atoms with Crippen LogP contribution in [0.1, 0.15) is 33.1 Å². The summed E-state index contributed by atoms with van der Waals surface area (Å²) in [6.07, 6.45) is 2.73. The summed E-state index contributed by atoms with van der Waals surface area (Å²) in [5, 5.41) is 3.31. The molecular formula is C13H27N3O. The summed E-state index contributed by atoms with van der Waals surface area (Å²) in [5.41, 5.74) is 5.75. The van der Waals surface area contributed by atoms with Crippen molar-refractivity contribution in [2.45, 2.75) is 33.1 Å². The third kappa shape index (κ3) is 5.50. The van der Waals surface area contributed by atoms with E-state index >= 15 is 0 Å². The van der Waals surface area contributed by atoms with Crippen molar-refractivity contribution in [3.05, 3.63) is 0 Å². The van der Waals surface area contributed by atoms with Crippen molar-refractivity contribution in [1.82, 2.24) is 10.2 Å². The molecule has 0 bridgehead atoms. The molecule has 1 heterocycles. The average Bonchev–Trinajstić information content (AvgIpc) is 2.55. The van der Waals surface area contributed by atoms with Gasteiger partial charge in [-0.05, 0) is 37.8 Å².